The molecule has 3 fully saturated rings. The number of aliphatic hydroxyl groups is 1. The van der Waals surface area contributed by atoms with Crippen LogP contribution in [0, 0.1) is 18.8 Å². The molecule has 3 aliphatic rings. The van der Waals surface area contributed by atoms with Crippen molar-refractivity contribution in [3.05, 3.63) is 54.1 Å². The second-order valence-electron chi connectivity index (χ2n) is 10.3. The average Bonchev–Trinajstić information content (AvgIpc) is 3.53. The Morgan fingerprint density at radius 1 is 1.26 bits per heavy atom. The Morgan fingerprint density at radius 3 is 2.71 bits per heavy atom. The van der Waals surface area contributed by atoms with Gasteiger partial charge in [-0.1, -0.05) is 55.3 Å². The molecule has 2 amide bonds. The predicted octanol–water partition coefficient (Wildman–Crippen LogP) is 4.54. The van der Waals surface area contributed by atoms with E-state index in [1.807, 2.05) is 19.1 Å². The third kappa shape index (κ3) is 5.03. The number of aliphatic hydroxyl groups excluding tert-OH is 1. The zero-order valence-electron chi connectivity index (χ0n) is 21.9. The number of benzene rings is 1. The van der Waals surface area contributed by atoms with Gasteiger partial charge in [-0.2, -0.15) is 0 Å². The number of nitrogens with zero attached hydrogens (tertiary/aromatic N) is 2. The third-order valence-electron chi connectivity index (χ3n) is 7.99. The number of unbranched alkanes of at least 4 members (excludes halogenated alkanes) is 3. The number of carbonyl (C=O) groups excluding carboxylic acids is 3. The predicted molar refractivity (Wildman–Crippen MR) is 151 cm³/mol. The molecule has 9 heteroatoms. The highest BCUT2D eigenvalue weighted by Crippen LogP contribution is 2.66. The molecule has 3 heterocycles. The van der Waals surface area contributed by atoms with Gasteiger partial charge in [0.25, 0.3) is 5.91 Å². The largest absolute Gasteiger partial charge is 0.461 e. The maximum Gasteiger partial charge on any atom is 0.311 e. The van der Waals surface area contributed by atoms with Gasteiger partial charge in [0.15, 0.2) is 0 Å². The van der Waals surface area contributed by atoms with E-state index in [9.17, 15) is 14.4 Å². The fourth-order valence-electron chi connectivity index (χ4n) is 6.46. The molecule has 0 saturated carbocycles. The summed E-state index contributed by atoms with van der Waals surface area (Å²) in [6, 6.07) is 4.79. The molecule has 1 spiro atoms. The minimum atomic E-state index is -0.722. The topological polar surface area (TPSA) is 87.2 Å². The van der Waals surface area contributed by atoms with Crippen LogP contribution < -0.4 is 4.90 Å². The lowest BCUT2D eigenvalue weighted by Crippen LogP contribution is -2.55. The van der Waals surface area contributed by atoms with Crippen LogP contribution in [-0.2, 0) is 19.1 Å². The highest BCUT2D eigenvalue weighted by molar-refractivity contribution is 8.02. The fraction of sp³-hybridized carbons (Fsp3) is 0.552. The minimum absolute atomic E-state index is 0.0572. The zero-order chi connectivity index (χ0) is 27.4. The van der Waals surface area contributed by atoms with Crippen LogP contribution in [0.1, 0.15) is 44.1 Å². The first-order chi connectivity index (χ1) is 18.3. The minimum Gasteiger partial charge on any atom is -0.461 e. The maximum atomic E-state index is 14.6. The highest BCUT2D eigenvalue weighted by Gasteiger charge is 2.74. The highest BCUT2D eigenvalue weighted by atomic mass is 35.5. The summed E-state index contributed by atoms with van der Waals surface area (Å²) in [5.41, 5.74) is 1.48. The number of para-hydroxylation sites is 1. The van der Waals surface area contributed by atoms with Crippen LogP contribution in [0.3, 0.4) is 0 Å². The Balaban J connectivity index is 1.73. The van der Waals surface area contributed by atoms with Crippen LogP contribution in [0.25, 0.3) is 0 Å². The van der Waals surface area contributed by atoms with Crippen molar-refractivity contribution in [3.63, 3.8) is 0 Å². The quantitative estimate of drug-likeness (QED) is 0.216. The van der Waals surface area contributed by atoms with Crippen LogP contribution >= 0.6 is 23.4 Å². The van der Waals surface area contributed by atoms with Gasteiger partial charge in [0, 0.05) is 24.9 Å². The van der Waals surface area contributed by atoms with Crippen LogP contribution in [0.15, 0.2) is 43.5 Å². The van der Waals surface area contributed by atoms with E-state index in [4.69, 9.17) is 21.4 Å². The van der Waals surface area contributed by atoms with Crippen molar-refractivity contribution in [2.24, 2.45) is 11.8 Å². The Labute approximate surface area is 234 Å². The van der Waals surface area contributed by atoms with E-state index in [0.29, 0.717) is 36.5 Å². The second-order valence-corrected chi connectivity index (χ2v) is 12.3. The maximum absolute atomic E-state index is 14.6. The van der Waals surface area contributed by atoms with E-state index in [1.54, 1.807) is 33.7 Å². The van der Waals surface area contributed by atoms with E-state index < -0.39 is 22.6 Å². The summed E-state index contributed by atoms with van der Waals surface area (Å²) in [7, 11) is 0. The van der Waals surface area contributed by atoms with E-state index in [0.717, 1.165) is 24.8 Å². The van der Waals surface area contributed by atoms with Gasteiger partial charge in [0.05, 0.1) is 27.3 Å². The Morgan fingerprint density at radius 2 is 2.03 bits per heavy atom. The lowest BCUT2D eigenvalue weighted by atomic mass is 9.71. The summed E-state index contributed by atoms with van der Waals surface area (Å²) in [5, 5.41) is 9.54. The van der Waals surface area contributed by atoms with Crippen molar-refractivity contribution in [1.82, 2.24) is 4.90 Å². The van der Waals surface area contributed by atoms with Crippen LogP contribution in [-0.4, -0.2) is 70.1 Å². The number of rotatable bonds is 13. The summed E-state index contributed by atoms with van der Waals surface area (Å²) in [6.45, 7) is 10.3. The molecule has 2 bridgehead atoms. The normalized spacial score (nSPS) is 27.3. The molecule has 1 aromatic carbocycles. The van der Waals surface area contributed by atoms with E-state index in [-0.39, 0.29) is 42.8 Å². The Kier molecular flexibility index (Phi) is 9.27. The number of esters is 1. The average molecular weight is 561 g/mol. The number of hydrogen-bond acceptors (Lipinski definition) is 6. The van der Waals surface area contributed by atoms with Crippen LogP contribution in [0.5, 0.6) is 0 Å². The van der Waals surface area contributed by atoms with Gasteiger partial charge in [-0.25, -0.2) is 0 Å². The number of likely N-dealkylation sites (tertiary alicyclic amines) is 1. The first kappa shape index (κ1) is 28.7. The van der Waals surface area contributed by atoms with Crippen LogP contribution in [0.4, 0.5) is 5.69 Å². The molecule has 5 atom stereocenters. The molecule has 4 rings (SSSR count). The summed E-state index contributed by atoms with van der Waals surface area (Å²) in [6.07, 6.45) is 7.73. The van der Waals surface area contributed by atoms with Gasteiger partial charge in [-0.3, -0.25) is 14.4 Å². The van der Waals surface area contributed by atoms with Gasteiger partial charge in [0.2, 0.25) is 5.91 Å². The summed E-state index contributed by atoms with van der Waals surface area (Å²) < 4.78 is 4.74. The summed E-state index contributed by atoms with van der Waals surface area (Å²) in [4.78, 5) is 45.1. The van der Waals surface area contributed by atoms with Gasteiger partial charge in [-0.05, 0) is 44.2 Å². The molecule has 38 heavy (non-hydrogen) atoms. The van der Waals surface area contributed by atoms with E-state index in [1.165, 1.54) is 6.08 Å². The second kappa shape index (κ2) is 12.3. The molecule has 3 saturated heterocycles. The molecule has 3 aliphatic heterocycles. The zero-order valence-corrected chi connectivity index (χ0v) is 23.5. The van der Waals surface area contributed by atoms with Gasteiger partial charge >= 0.3 is 5.97 Å². The fourth-order valence-corrected chi connectivity index (χ4v) is 8.98. The Bertz CT molecular complexity index is 1080. The molecule has 7 nitrogen and oxygen atoms in total. The SMILES string of the molecule is C=CCOC(=O)[C@@H]1[C@@H]2CCC3(S2)C(C(=O)N(CC=C)c2c(C)cccc2Cl)N(CCCCCCO)C(=O)[C@H]13. The van der Waals surface area contributed by atoms with Crippen molar-refractivity contribution in [1.29, 1.82) is 0 Å². The molecular formula is C29H37ClN2O5S. The van der Waals surface area contributed by atoms with Gasteiger partial charge in [-0.15, -0.1) is 18.3 Å². The number of thioether (sulfide) groups is 1. The summed E-state index contributed by atoms with van der Waals surface area (Å²) >= 11 is 8.23. The van der Waals surface area contributed by atoms with Crippen molar-refractivity contribution in [2.45, 2.75) is 61.5 Å². The standard InChI is InChI=1S/C29H37ClN2O5S/c1-4-15-31(24-19(3)11-10-12-20(24)30)27(35)25-29-14-13-21(38-29)22(28(36)37-18-5-2)23(29)26(34)32(25)16-8-6-7-9-17-33/h4-5,10-12,21-23,25,33H,1-2,6-9,13-18H2,3H3/t21-,22+,23-,25?,29?/m0/s1. The van der Waals surface area contributed by atoms with Crippen molar-refractivity contribution in [3.8, 4) is 0 Å². The number of fused-ring (bicyclic) bond motifs is 1. The molecule has 0 aromatic heterocycles. The number of ether oxygens (including phenoxy) is 1. The lowest BCUT2D eigenvalue weighted by molar-refractivity contribution is -0.153. The molecular weight excluding hydrogens is 524 g/mol. The van der Waals surface area contributed by atoms with Crippen LogP contribution in [0.2, 0.25) is 5.02 Å². The molecule has 206 valence electrons. The molecule has 0 aliphatic carbocycles. The first-order valence-electron chi connectivity index (χ1n) is 13.4. The molecule has 0 radical (unpaired) electrons. The smallest absolute Gasteiger partial charge is 0.311 e. The van der Waals surface area contributed by atoms with Crippen molar-refractivity contribution >= 4 is 46.8 Å². The molecule has 2 unspecified atom stereocenters. The monoisotopic (exact) mass is 560 g/mol. The number of anilines is 1. The number of amides is 2. The number of hydrogen-bond donors (Lipinski definition) is 1. The molecule has 1 aromatic rings. The number of aryl methyl sites for hydroxylation is 1. The Hall–Kier alpha value is -2.29. The van der Waals surface area contributed by atoms with Crippen molar-refractivity contribution < 1.29 is 24.2 Å². The van der Waals surface area contributed by atoms with Gasteiger partial charge < -0.3 is 19.6 Å². The van der Waals surface area contributed by atoms with Crippen molar-refractivity contribution in [2.75, 3.05) is 31.2 Å². The number of halogens is 1. The van der Waals surface area contributed by atoms with E-state index >= 15 is 0 Å². The third-order valence-corrected chi connectivity index (χ3v) is 10.2. The van der Waals surface area contributed by atoms with Gasteiger partial charge in [0.1, 0.15) is 12.6 Å². The summed E-state index contributed by atoms with van der Waals surface area (Å²) in [5.74, 6) is -1.90. The number of carbonyl (C=O) groups is 3. The van der Waals surface area contributed by atoms with E-state index in [2.05, 4.69) is 13.2 Å². The first-order valence-corrected chi connectivity index (χ1v) is 14.6. The molecule has 1 N–H and O–H groups in total. The lowest BCUT2D eigenvalue weighted by Gasteiger charge is -2.37.